The lowest BCUT2D eigenvalue weighted by atomic mass is 10.0. The zero-order valence-corrected chi connectivity index (χ0v) is 24.4. The Balaban J connectivity index is 1.44. The third kappa shape index (κ3) is 10.6. The maximum absolute atomic E-state index is 12.2. The molecule has 0 aliphatic rings. The van der Waals surface area contributed by atoms with Gasteiger partial charge in [0, 0.05) is 12.2 Å². The van der Waals surface area contributed by atoms with Gasteiger partial charge in [-0.15, -0.1) is 0 Å². The first-order valence-corrected chi connectivity index (χ1v) is 14.6. The minimum atomic E-state index is -0.574. The second-order valence-corrected chi connectivity index (χ2v) is 10.0. The summed E-state index contributed by atoms with van der Waals surface area (Å²) >= 11 is 0. The smallest absolute Gasteiger partial charge is 0.335 e. The summed E-state index contributed by atoms with van der Waals surface area (Å²) in [5.74, 6) is 1.72. The lowest BCUT2D eigenvalue weighted by Gasteiger charge is -2.18. The molecule has 0 aliphatic carbocycles. The molecule has 0 radical (unpaired) electrons. The third-order valence-corrected chi connectivity index (χ3v) is 6.48. The van der Waals surface area contributed by atoms with Gasteiger partial charge in [-0.05, 0) is 49.9 Å². The fourth-order valence-electron chi connectivity index (χ4n) is 4.04. The van der Waals surface area contributed by atoms with Crippen LogP contribution in [0.4, 0.5) is 0 Å². The summed E-state index contributed by atoms with van der Waals surface area (Å²) in [6.07, 6.45) is 10.4. The number of aromatic nitrogens is 2. The van der Waals surface area contributed by atoms with E-state index in [1.165, 1.54) is 19.3 Å². The van der Waals surface area contributed by atoms with E-state index < -0.39 is 6.10 Å². The molecule has 7 nitrogen and oxygen atoms in total. The molecule has 0 aliphatic heterocycles. The number of hydrogen-bond donors (Lipinski definition) is 0. The van der Waals surface area contributed by atoms with Crippen LogP contribution in [0.3, 0.4) is 0 Å². The van der Waals surface area contributed by atoms with Gasteiger partial charge in [0.15, 0.2) is 17.7 Å². The van der Waals surface area contributed by atoms with Crippen molar-refractivity contribution < 1.29 is 23.7 Å². The molecule has 0 bridgehead atoms. The lowest BCUT2D eigenvalue weighted by molar-refractivity contribution is -0.162. The largest absolute Gasteiger partial charge is 0.490 e. The number of carbonyl (C=O) groups is 1. The van der Waals surface area contributed by atoms with Crippen molar-refractivity contribution in [3.8, 4) is 34.0 Å². The number of rotatable bonds is 18. The average Bonchev–Trinajstić information content (AvgIpc) is 2.99. The molecule has 0 N–H and O–H groups in total. The normalized spacial score (nSPS) is 12.5. The van der Waals surface area contributed by atoms with Gasteiger partial charge in [0.2, 0.25) is 0 Å². The van der Waals surface area contributed by atoms with Crippen LogP contribution in [-0.2, 0) is 14.3 Å². The zero-order chi connectivity index (χ0) is 28.6. The average molecular weight is 549 g/mol. The van der Waals surface area contributed by atoms with Gasteiger partial charge in [0.1, 0.15) is 18.5 Å². The summed E-state index contributed by atoms with van der Waals surface area (Å²) < 4.78 is 22.6. The predicted octanol–water partition coefficient (Wildman–Crippen LogP) is 7.68. The summed E-state index contributed by atoms with van der Waals surface area (Å²) in [6, 6.07) is 16.0. The second kappa shape index (κ2) is 17.3. The Morgan fingerprint density at radius 1 is 0.700 bits per heavy atom. The van der Waals surface area contributed by atoms with Gasteiger partial charge in [-0.1, -0.05) is 82.3 Å². The predicted molar refractivity (Wildman–Crippen MR) is 159 cm³/mol. The van der Waals surface area contributed by atoms with Crippen LogP contribution < -0.4 is 9.47 Å². The summed E-state index contributed by atoms with van der Waals surface area (Å²) in [6.45, 7) is 9.41. The van der Waals surface area contributed by atoms with Gasteiger partial charge in [-0.25, -0.2) is 14.8 Å². The molecular formula is C33H44N2O5. The number of carbonyl (C=O) groups excluding carboxylic acids is 1. The van der Waals surface area contributed by atoms with Crippen LogP contribution in [0.15, 0.2) is 60.9 Å². The first-order valence-electron chi connectivity index (χ1n) is 14.6. The van der Waals surface area contributed by atoms with Crippen molar-refractivity contribution in [1.29, 1.82) is 0 Å². The number of esters is 1. The van der Waals surface area contributed by atoms with Crippen molar-refractivity contribution in [3.05, 3.63) is 60.9 Å². The van der Waals surface area contributed by atoms with Crippen molar-refractivity contribution in [2.75, 3.05) is 19.8 Å². The Hall–Kier alpha value is -3.45. The van der Waals surface area contributed by atoms with Gasteiger partial charge < -0.3 is 18.9 Å². The van der Waals surface area contributed by atoms with Crippen LogP contribution in [-0.4, -0.2) is 48.0 Å². The molecule has 40 heavy (non-hydrogen) atoms. The molecule has 0 saturated heterocycles. The first kappa shape index (κ1) is 31.1. The molecule has 0 saturated carbocycles. The molecule has 3 aromatic rings. The second-order valence-electron chi connectivity index (χ2n) is 10.0. The summed E-state index contributed by atoms with van der Waals surface area (Å²) in [4.78, 5) is 21.1. The molecule has 0 spiro atoms. The van der Waals surface area contributed by atoms with E-state index in [0.717, 1.165) is 42.4 Å². The van der Waals surface area contributed by atoms with Crippen molar-refractivity contribution in [2.45, 2.75) is 84.8 Å². The number of hydrogen-bond acceptors (Lipinski definition) is 7. The SMILES string of the molecule is CCCCCCOc1cnc(-c2ccc(-c3ccc(OCC(C)OC(=O)C(C)OCCCCC)cc3)cc2)nc1. The molecular weight excluding hydrogens is 504 g/mol. The molecule has 0 fully saturated rings. The van der Waals surface area contributed by atoms with Gasteiger partial charge in [-0.3, -0.25) is 0 Å². The Morgan fingerprint density at radius 2 is 1.27 bits per heavy atom. The van der Waals surface area contributed by atoms with Crippen LogP contribution >= 0.6 is 0 Å². The van der Waals surface area contributed by atoms with Crippen LogP contribution in [0.25, 0.3) is 22.5 Å². The van der Waals surface area contributed by atoms with E-state index in [-0.39, 0.29) is 18.7 Å². The number of nitrogens with zero attached hydrogens (tertiary/aromatic N) is 2. The Labute approximate surface area is 239 Å². The van der Waals surface area contributed by atoms with E-state index in [0.29, 0.717) is 30.5 Å². The fraction of sp³-hybridized carbons (Fsp3) is 0.485. The molecule has 1 heterocycles. The molecule has 2 unspecified atom stereocenters. The van der Waals surface area contributed by atoms with Gasteiger partial charge >= 0.3 is 5.97 Å². The van der Waals surface area contributed by atoms with E-state index in [2.05, 4.69) is 35.9 Å². The topological polar surface area (TPSA) is 79.8 Å². The van der Waals surface area contributed by atoms with Crippen LogP contribution in [0, 0.1) is 0 Å². The molecule has 216 valence electrons. The van der Waals surface area contributed by atoms with E-state index >= 15 is 0 Å². The van der Waals surface area contributed by atoms with E-state index in [1.807, 2.05) is 43.3 Å². The highest BCUT2D eigenvalue weighted by molar-refractivity contribution is 5.74. The first-order chi connectivity index (χ1) is 19.5. The maximum atomic E-state index is 12.2. The van der Waals surface area contributed by atoms with E-state index in [4.69, 9.17) is 18.9 Å². The summed E-state index contributed by atoms with van der Waals surface area (Å²) in [5, 5.41) is 0. The molecule has 3 rings (SSSR count). The number of benzene rings is 2. The van der Waals surface area contributed by atoms with Crippen molar-refractivity contribution in [1.82, 2.24) is 9.97 Å². The molecule has 7 heteroatoms. The Morgan fingerprint density at radius 3 is 1.93 bits per heavy atom. The molecule has 2 aromatic carbocycles. The van der Waals surface area contributed by atoms with E-state index in [9.17, 15) is 4.79 Å². The standard InChI is InChI=1S/C33H44N2O5/c1-5-7-9-11-21-38-31-22-34-32(35-23-31)29-14-12-27(13-15-29)28-16-18-30(19-17-28)39-24-25(3)40-33(36)26(4)37-20-10-8-6-2/h12-19,22-23,25-26H,5-11,20-21,24H2,1-4H3. The zero-order valence-electron chi connectivity index (χ0n) is 24.4. The molecule has 2 atom stereocenters. The minimum absolute atomic E-state index is 0.269. The van der Waals surface area contributed by atoms with Gasteiger partial charge in [-0.2, -0.15) is 0 Å². The van der Waals surface area contributed by atoms with Crippen molar-refractivity contribution in [3.63, 3.8) is 0 Å². The maximum Gasteiger partial charge on any atom is 0.335 e. The Kier molecular flexibility index (Phi) is 13.4. The number of unbranched alkanes of at least 4 members (excludes halogenated alkanes) is 5. The molecule has 1 aromatic heterocycles. The highest BCUT2D eigenvalue weighted by Crippen LogP contribution is 2.25. The fourth-order valence-corrected chi connectivity index (χ4v) is 4.04. The van der Waals surface area contributed by atoms with Crippen LogP contribution in [0.5, 0.6) is 11.5 Å². The quantitative estimate of drug-likeness (QED) is 0.119. The lowest BCUT2D eigenvalue weighted by Crippen LogP contribution is -2.30. The number of ether oxygens (including phenoxy) is 4. The highest BCUT2D eigenvalue weighted by Gasteiger charge is 2.18. The summed E-state index contributed by atoms with van der Waals surface area (Å²) in [5.41, 5.74) is 3.10. The van der Waals surface area contributed by atoms with Gasteiger partial charge in [0.25, 0.3) is 0 Å². The van der Waals surface area contributed by atoms with Crippen LogP contribution in [0.1, 0.15) is 72.6 Å². The Bertz CT molecular complexity index is 1120. The van der Waals surface area contributed by atoms with E-state index in [1.54, 1.807) is 19.3 Å². The summed E-state index contributed by atoms with van der Waals surface area (Å²) in [7, 11) is 0. The molecule has 0 amide bonds. The van der Waals surface area contributed by atoms with Crippen LogP contribution in [0.2, 0.25) is 0 Å². The van der Waals surface area contributed by atoms with Gasteiger partial charge in [0.05, 0.1) is 19.0 Å². The van der Waals surface area contributed by atoms with Crippen molar-refractivity contribution in [2.24, 2.45) is 0 Å². The minimum Gasteiger partial charge on any atom is -0.490 e. The van der Waals surface area contributed by atoms with Crippen molar-refractivity contribution >= 4 is 5.97 Å². The highest BCUT2D eigenvalue weighted by atomic mass is 16.6. The third-order valence-electron chi connectivity index (χ3n) is 6.48. The monoisotopic (exact) mass is 548 g/mol.